The first-order chi connectivity index (χ1) is 9.65. The summed E-state index contributed by atoms with van der Waals surface area (Å²) in [4.78, 5) is 15.2. The van der Waals surface area contributed by atoms with Gasteiger partial charge < -0.3 is 4.90 Å². The Labute approximate surface area is 123 Å². The lowest BCUT2D eigenvalue weighted by Gasteiger charge is -2.35. The Hall–Kier alpha value is -0.570. The predicted molar refractivity (Wildman–Crippen MR) is 81.2 cm³/mol. The van der Waals surface area contributed by atoms with Crippen molar-refractivity contribution in [2.45, 2.75) is 84.0 Å². The summed E-state index contributed by atoms with van der Waals surface area (Å²) in [6.45, 7) is 6.62. The maximum Gasteiger partial charge on any atom is 0.241 e. The van der Waals surface area contributed by atoms with Gasteiger partial charge in [0.15, 0.2) is 0 Å². The van der Waals surface area contributed by atoms with Gasteiger partial charge in [-0.2, -0.15) is 0 Å². The molecule has 1 saturated heterocycles. The van der Waals surface area contributed by atoms with Crippen LogP contribution in [0.5, 0.6) is 0 Å². The molecule has 1 amide bonds. The number of hydrogen-bond donors (Lipinski definition) is 1. The normalized spacial score (nSPS) is 41.6. The zero-order chi connectivity index (χ0) is 14.3. The molecule has 2 aliphatic carbocycles. The first kappa shape index (κ1) is 14.4. The van der Waals surface area contributed by atoms with Gasteiger partial charge in [-0.3, -0.25) is 10.1 Å². The standard InChI is InChI=1S/C17H30N2O/c1-4-6-15-18-16(11(3)5-2)17(20)19(15)14-10-12-7-8-13(14)9-12/h11-16,18H,4-10H2,1-3H3. The summed E-state index contributed by atoms with van der Waals surface area (Å²) < 4.78 is 0. The molecule has 2 bridgehead atoms. The van der Waals surface area contributed by atoms with Crippen molar-refractivity contribution in [3.8, 4) is 0 Å². The highest BCUT2D eigenvalue weighted by Crippen LogP contribution is 2.48. The van der Waals surface area contributed by atoms with E-state index >= 15 is 0 Å². The number of hydrogen-bond acceptors (Lipinski definition) is 2. The third-order valence-electron chi connectivity index (χ3n) is 6.06. The summed E-state index contributed by atoms with van der Waals surface area (Å²) in [7, 11) is 0. The molecule has 2 saturated carbocycles. The molecule has 0 radical (unpaired) electrons. The molecule has 1 heterocycles. The van der Waals surface area contributed by atoms with Crippen molar-refractivity contribution < 1.29 is 4.79 Å². The molecule has 3 nitrogen and oxygen atoms in total. The Morgan fingerprint density at radius 1 is 1.30 bits per heavy atom. The van der Waals surface area contributed by atoms with Crippen LogP contribution < -0.4 is 5.32 Å². The molecule has 1 N–H and O–H groups in total. The average Bonchev–Trinajstić information content (AvgIpc) is 3.12. The first-order valence-electron chi connectivity index (χ1n) is 8.73. The fraction of sp³-hybridized carbons (Fsp3) is 0.941. The van der Waals surface area contributed by atoms with Gasteiger partial charge >= 0.3 is 0 Å². The van der Waals surface area contributed by atoms with Crippen LogP contribution >= 0.6 is 0 Å². The predicted octanol–water partition coefficient (Wildman–Crippen LogP) is 3.15. The molecule has 114 valence electrons. The molecule has 3 fully saturated rings. The van der Waals surface area contributed by atoms with E-state index in [1.165, 1.54) is 25.7 Å². The Kier molecular flexibility index (Phi) is 4.07. The van der Waals surface area contributed by atoms with Crippen molar-refractivity contribution in [1.29, 1.82) is 0 Å². The maximum atomic E-state index is 12.9. The van der Waals surface area contributed by atoms with E-state index in [0.29, 0.717) is 24.0 Å². The van der Waals surface area contributed by atoms with Crippen molar-refractivity contribution in [3.63, 3.8) is 0 Å². The number of carbonyl (C=O) groups is 1. The van der Waals surface area contributed by atoms with E-state index in [0.717, 1.165) is 31.1 Å². The second-order valence-electron chi connectivity index (χ2n) is 7.32. The monoisotopic (exact) mass is 278 g/mol. The summed E-state index contributed by atoms with van der Waals surface area (Å²) in [5.74, 6) is 2.55. The second kappa shape index (κ2) is 5.67. The van der Waals surface area contributed by atoms with Gasteiger partial charge in [0.2, 0.25) is 5.91 Å². The molecule has 3 aliphatic rings. The highest BCUT2D eigenvalue weighted by Gasteiger charge is 2.50. The van der Waals surface area contributed by atoms with Crippen molar-refractivity contribution in [2.24, 2.45) is 17.8 Å². The third kappa shape index (κ3) is 2.28. The zero-order valence-corrected chi connectivity index (χ0v) is 13.3. The number of carbonyl (C=O) groups excluding carboxylic acids is 1. The van der Waals surface area contributed by atoms with Gasteiger partial charge in [0.05, 0.1) is 12.2 Å². The van der Waals surface area contributed by atoms with E-state index in [4.69, 9.17) is 0 Å². The summed E-state index contributed by atoms with van der Waals surface area (Å²) >= 11 is 0. The van der Waals surface area contributed by atoms with E-state index in [9.17, 15) is 4.79 Å². The largest absolute Gasteiger partial charge is 0.323 e. The van der Waals surface area contributed by atoms with E-state index in [1.807, 2.05) is 0 Å². The molecular formula is C17H30N2O. The molecule has 0 aromatic carbocycles. The molecular weight excluding hydrogens is 248 g/mol. The quantitative estimate of drug-likeness (QED) is 0.838. The van der Waals surface area contributed by atoms with Crippen molar-refractivity contribution in [2.75, 3.05) is 0 Å². The maximum absolute atomic E-state index is 12.9. The third-order valence-corrected chi connectivity index (χ3v) is 6.06. The number of rotatable bonds is 5. The fourth-order valence-electron chi connectivity index (χ4n) is 4.76. The van der Waals surface area contributed by atoms with Gasteiger partial charge in [-0.15, -0.1) is 0 Å². The Morgan fingerprint density at radius 2 is 2.10 bits per heavy atom. The van der Waals surface area contributed by atoms with Gasteiger partial charge in [0.1, 0.15) is 0 Å². The van der Waals surface area contributed by atoms with Crippen LogP contribution in [0.3, 0.4) is 0 Å². The van der Waals surface area contributed by atoms with Crippen molar-refractivity contribution in [1.82, 2.24) is 10.2 Å². The van der Waals surface area contributed by atoms with Gasteiger partial charge in [0.25, 0.3) is 0 Å². The molecule has 0 aromatic heterocycles. The van der Waals surface area contributed by atoms with E-state index in [2.05, 4.69) is 31.0 Å². The molecule has 3 rings (SSSR count). The molecule has 6 unspecified atom stereocenters. The van der Waals surface area contributed by atoms with Crippen molar-refractivity contribution in [3.05, 3.63) is 0 Å². The highest BCUT2D eigenvalue weighted by atomic mass is 16.2. The molecule has 6 atom stereocenters. The smallest absolute Gasteiger partial charge is 0.241 e. The van der Waals surface area contributed by atoms with Gasteiger partial charge in [0, 0.05) is 6.04 Å². The van der Waals surface area contributed by atoms with Crippen LogP contribution in [0.15, 0.2) is 0 Å². The number of fused-ring (bicyclic) bond motifs is 2. The molecule has 0 aromatic rings. The van der Waals surface area contributed by atoms with E-state index in [-0.39, 0.29) is 6.04 Å². The van der Waals surface area contributed by atoms with E-state index in [1.54, 1.807) is 0 Å². The molecule has 1 aliphatic heterocycles. The highest BCUT2D eigenvalue weighted by molar-refractivity contribution is 5.85. The minimum absolute atomic E-state index is 0.0654. The first-order valence-corrected chi connectivity index (χ1v) is 8.73. The van der Waals surface area contributed by atoms with Gasteiger partial charge in [-0.1, -0.05) is 40.0 Å². The Morgan fingerprint density at radius 3 is 2.65 bits per heavy atom. The topological polar surface area (TPSA) is 32.3 Å². The minimum atomic E-state index is 0.0654. The van der Waals surface area contributed by atoms with Crippen LogP contribution in [0.4, 0.5) is 0 Å². The second-order valence-corrected chi connectivity index (χ2v) is 7.32. The number of amides is 1. The summed E-state index contributed by atoms with van der Waals surface area (Å²) in [6, 6.07) is 0.607. The SMILES string of the molecule is CCCC1NC(C(C)CC)C(=O)N1C1CC2CCC1C2. The fourth-order valence-corrected chi connectivity index (χ4v) is 4.76. The summed E-state index contributed by atoms with van der Waals surface area (Å²) in [6.07, 6.45) is 9.04. The lowest BCUT2D eigenvalue weighted by atomic mass is 9.92. The number of nitrogens with one attached hydrogen (secondary N) is 1. The van der Waals surface area contributed by atoms with Crippen LogP contribution in [-0.2, 0) is 4.79 Å². The van der Waals surface area contributed by atoms with Crippen LogP contribution in [0.2, 0.25) is 0 Å². The van der Waals surface area contributed by atoms with Crippen molar-refractivity contribution >= 4 is 5.91 Å². The van der Waals surface area contributed by atoms with Crippen LogP contribution in [0, 0.1) is 17.8 Å². The summed E-state index contributed by atoms with van der Waals surface area (Å²) in [5.41, 5.74) is 0. The summed E-state index contributed by atoms with van der Waals surface area (Å²) in [5, 5.41) is 3.66. The van der Waals surface area contributed by atoms with Crippen LogP contribution in [-0.4, -0.2) is 29.1 Å². The number of nitrogens with zero attached hydrogens (tertiary/aromatic N) is 1. The van der Waals surface area contributed by atoms with E-state index < -0.39 is 0 Å². The molecule has 3 heteroatoms. The van der Waals surface area contributed by atoms with Crippen LogP contribution in [0.25, 0.3) is 0 Å². The Bertz CT molecular complexity index is 370. The average molecular weight is 278 g/mol. The van der Waals surface area contributed by atoms with Crippen LogP contribution in [0.1, 0.15) is 65.7 Å². The molecule has 20 heavy (non-hydrogen) atoms. The molecule has 0 spiro atoms. The van der Waals surface area contributed by atoms with Gasteiger partial charge in [-0.05, 0) is 43.4 Å². The lowest BCUT2D eigenvalue weighted by molar-refractivity contribution is -0.134. The Balaban J connectivity index is 1.77. The lowest BCUT2D eigenvalue weighted by Crippen LogP contribution is -2.47. The zero-order valence-electron chi connectivity index (χ0n) is 13.3. The minimum Gasteiger partial charge on any atom is -0.323 e. The van der Waals surface area contributed by atoms with Gasteiger partial charge in [-0.25, -0.2) is 0 Å².